The third-order valence-corrected chi connectivity index (χ3v) is 4.92. The van der Waals surface area contributed by atoms with Gasteiger partial charge in [-0.25, -0.2) is 0 Å². The second-order valence-electron chi connectivity index (χ2n) is 6.91. The minimum Gasteiger partial charge on any atom is -0.493 e. The predicted octanol–water partition coefficient (Wildman–Crippen LogP) is 4.48. The molecule has 0 saturated carbocycles. The number of hydrogen-bond acceptors (Lipinski definition) is 3. The molecular weight excluding hydrogens is 420 g/mol. The Kier molecular flexibility index (Phi) is 8.05. The van der Waals surface area contributed by atoms with Crippen LogP contribution in [0.5, 0.6) is 5.75 Å². The first kappa shape index (κ1) is 22.0. The summed E-state index contributed by atoms with van der Waals surface area (Å²) in [5, 5.41) is 5.85. The number of hydrogen-bond donors (Lipinski definition) is 2. The Hall–Kier alpha value is -2.34. The van der Waals surface area contributed by atoms with Gasteiger partial charge in [0, 0.05) is 4.47 Å². The van der Waals surface area contributed by atoms with E-state index in [2.05, 4.69) is 26.6 Å². The number of rotatable bonds is 8. The first-order valence-corrected chi connectivity index (χ1v) is 10.2. The highest BCUT2D eigenvalue weighted by atomic mass is 79.9. The van der Waals surface area contributed by atoms with Crippen molar-refractivity contribution < 1.29 is 14.3 Å². The van der Waals surface area contributed by atoms with E-state index in [9.17, 15) is 9.59 Å². The summed E-state index contributed by atoms with van der Waals surface area (Å²) in [5.41, 5.74) is 1.41. The summed E-state index contributed by atoms with van der Waals surface area (Å²) < 4.78 is 6.51. The molecule has 5 nitrogen and oxygen atoms in total. The maximum absolute atomic E-state index is 12.8. The van der Waals surface area contributed by atoms with Crippen LogP contribution in [-0.4, -0.2) is 24.5 Å². The Morgan fingerprint density at radius 1 is 1.00 bits per heavy atom. The van der Waals surface area contributed by atoms with Crippen molar-refractivity contribution in [1.29, 1.82) is 0 Å². The number of para-hydroxylation sites is 1. The van der Waals surface area contributed by atoms with Crippen LogP contribution in [0.25, 0.3) is 0 Å². The van der Waals surface area contributed by atoms with Crippen LogP contribution in [0.1, 0.15) is 49.7 Å². The van der Waals surface area contributed by atoms with E-state index in [0.29, 0.717) is 17.9 Å². The summed E-state index contributed by atoms with van der Waals surface area (Å²) in [6, 6.07) is 14.0. The van der Waals surface area contributed by atoms with Crippen LogP contribution in [0.2, 0.25) is 0 Å². The van der Waals surface area contributed by atoms with Crippen LogP contribution < -0.4 is 15.4 Å². The van der Waals surface area contributed by atoms with E-state index in [4.69, 9.17) is 4.74 Å². The topological polar surface area (TPSA) is 67.4 Å². The van der Waals surface area contributed by atoms with Crippen molar-refractivity contribution in [2.24, 2.45) is 5.92 Å². The third kappa shape index (κ3) is 5.83. The van der Waals surface area contributed by atoms with Gasteiger partial charge in [-0.05, 0) is 49.6 Å². The summed E-state index contributed by atoms with van der Waals surface area (Å²) in [6.07, 6.45) is 0. The van der Waals surface area contributed by atoms with E-state index >= 15 is 0 Å². The minimum atomic E-state index is -0.653. The van der Waals surface area contributed by atoms with Crippen molar-refractivity contribution in [2.45, 2.75) is 39.8 Å². The lowest BCUT2D eigenvalue weighted by Crippen LogP contribution is -2.50. The molecule has 2 aromatic rings. The molecule has 0 aromatic heterocycles. The quantitative estimate of drug-likeness (QED) is 0.627. The van der Waals surface area contributed by atoms with E-state index < -0.39 is 6.04 Å². The summed E-state index contributed by atoms with van der Waals surface area (Å²) in [5.74, 6) is -0.101. The Morgan fingerprint density at radius 3 is 2.25 bits per heavy atom. The van der Waals surface area contributed by atoms with Gasteiger partial charge in [0.05, 0.1) is 18.2 Å². The molecule has 0 aliphatic carbocycles. The van der Waals surface area contributed by atoms with Crippen LogP contribution in [0.15, 0.2) is 53.0 Å². The SMILES string of the molecule is CCOc1ccccc1C(=O)NC(C(=O)NC(C)c1ccc(Br)cc1)C(C)C. The van der Waals surface area contributed by atoms with Crippen molar-refractivity contribution in [1.82, 2.24) is 10.6 Å². The van der Waals surface area contributed by atoms with Crippen LogP contribution in [0.4, 0.5) is 0 Å². The number of benzene rings is 2. The first-order valence-electron chi connectivity index (χ1n) is 9.42. The van der Waals surface area contributed by atoms with Gasteiger partial charge in [-0.2, -0.15) is 0 Å². The Bertz CT molecular complexity index is 806. The maximum Gasteiger partial charge on any atom is 0.255 e. The van der Waals surface area contributed by atoms with Crippen LogP contribution in [-0.2, 0) is 4.79 Å². The minimum absolute atomic E-state index is 0.0691. The average Bonchev–Trinajstić information content (AvgIpc) is 2.66. The van der Waals surface area contributed by atoms with Crippen molar-refractivity contribution >= 4 is 27.7 Å². The fourth-order valence-corrected chi connectivity index (χ4v) is 3.09. The molecule has 0 bridgehead atoms. The molecule has 0 spiro atoms. The molecule has 2 rings (SSSR count). The lowest BCUT2D eigenvalue weighted by molar-refractivity contribution is -0.124. The number of amides is 2. The molecule has 28 heavy (non-hydrogen) atoms. The summed E-state index contributed by atoms with van der Waals surface area (Å²) in [4.78, 5) is 25.6. The molecule has 2 amide bonds. The van der Waals surface area contributed by atoms with Gasteiger partial charge in [0.25, 0.3) is 5.91 Å². The lowest BCUT2D eigenvalue weighted by Gasteiger charge is -2.24. The van der Waals surface area contributed by atoms with Gasteiger partial charge < -0.3 is 15.4 Å². The maximum atomic E-state index is 12.8. The highest BCUT2D eigenvalue weighted by Crippen LogP contribution is 2.19. The molecule has 0 saturated heterocycles. The molecule has 6 heteroatoms. The fourth-order valence-electron chi connectivity index (χ4n) is 2.83. The molecule has 2 N–H and O–H groups in total. The van der Waals surface area contributed by atoms with Gasteiger partial charge in [0.2, 0.25) is 5.91 Å². The molecule has 2 atom stereocenters. The lowest BCUT2D eigenvalue weighted by atomic mass is 10.0. The molecule has 0 radical (unpaired) electrons. The number of halogens is 1. The molecule has 2 aromatic carbocycles. The van der Waals surface area contributed by atoms with Gasteiger partial charge in [-0.1, -0.05) is 54.0 Å². The number of ether oxygens (including phenoxy) is 1. The van der Waals surface area contributed by atoms with Gasteiger partial charge in [-0.3, -0.25) is 9.59 Å². The summed E-state index contributed by atoms with van der Waals surface area (Å²) >= 11 is 3.41. The highest BCUT2D eigenvalue weighted by molar-refractivity contribution is 9.10. The van der Waals surface area contributed by atoms with Crippen LogP contribution >= 0.6 is 15.9 Å². The Labute approximate surface area is 175 Å². The summed E-state index contributed by atoms with van der Waals surface area (Å²) in [6.45, 7) is 8.06. The zero-order valence-electron chi connectivity index (χ0n) is 16.7. The molecule has 0 heterocycles. The van der Waals surface area contributed by atoms with E-state index in [1.54, 1.807) is 18.2 Å². The Balaban J connectivity index is 2.11. The number of carbonyl (C=O) groups is 2. The highest BCUT2D eigenvalue weighted by Gasteiger charge is 2.27. The van der Waals surface area contributed by atoms with Gasteiger partial charge in [0.15, 0.2) is 0 Å². The van der Waals surface area contributed by atoms with Crippen molar-refractivity contribution in [2.75, 3.05) is 6.61 Å². The van der Waals surface area contributed by atoms with Crippen molar-refractivity contribution in [3.8, 4) is 5.75 Å². The fraction of sp³-hybridized carbons (Fsp3) is 0.364. The van der Waals surface area contributed by atoms with E-state index in [1.165, 1.54) is 0 Å². The molecule has 150 valence electrons. The van der Waals surface area contributed by atoms with Gasteiger partial charge in [0.1, 0.15) is 11.8 Å². The molecule has 2 unspecified atom stereocenters. The number of carbonyl (C=O) groups excluding carboxylic acids is 2. The largest absolute Gasteiger partial charge is 0.493 e. The van der Waals surface area contributed by atoms with Crippen molar-refractivity contribution in [3.05, 3.63) is 64.1 Å². The van der Waals surface area contributed by atoms with Gasteiger partial charge >= 0.3 is 0 Å². The smallest absolute Gasteiger partial charge is 0.255 e. The monoisotopic (exact) mass is 446 g/mol. The first-order chi connectivity index (χ1) is 13.3. The average molecular weight is 447 g/mol. The Morgan fingerprint density at radius 2 is 1.64 bits per heavy atom. The molecular formula is C22H27BrN2O3. The third-order valence-electron chi connectivity index (χ3n) is 4.40. The van der Waals surface area contributed by atoms with E-state index in [0.717, 1.165) is 10.0 Å². The van der Waals surface area contributed by atoms with E-state index in [-0.39, 0.29) is 23.8 Å². The van der Waals surface area contributed by atoms with Gasteiger partial charge in [-0.15, -0.1) is 0 Å². The molecule has 0 aliphatic heterocycles. The summed E-state index contributed by atoms with van der Waals surface area (Å²) in [7, 11) is 0. The second-order valence-corrected chi connectivity index (χ2v) is 7.82. The number of nitrogens with one attached hydrogen (secondary N) is 2. The van der Waals surface area contributed by atoms with Crippen LogP contribution in [0, 0.1) is 5.92 Å². The second kappa shape index (κ2) is 10.3. The van der Waals surface area contributed by atoms with Crippen LogP contribution in [0.3, 0.4) is 0 Å². The zero-order valence-corrected chi connectivity index (χ0v) is 18.2. The standard InChI is InChI=1S/C22H27BrN2O3/c1-5-28-19-9-7-6-8-18(19)21(26)25-20(14(2)3)22(27)24-15(4)16-10-12-17(23)13-11-16/h6-15,20H,5H2,1-4H3,(H,24,27)(H,25,26). The van der Waals surface area contributed by atoms with Crippen molar-refractivity contribution in [3.63, 3.8) is 0 Å². The predicted molar refractivity (Wildman–Crippen MR) is 114 cm³/mol. The molecule has 0 fully saturated rings. The zero-order chi connectivity index (χ0) is 20.7. The molecule has 0 aliphatic rings. The normalized spacial score (nSPS) is 12.9. The van der Waals surface area contributed by atoms with E-state index in [1.807, 2.05) is 58.0 Å².